The van der Waals surface area contributed by atoms with Crippen LogP contribution in [0.2, 0.25) is 0 Å². The van der Waals surface area contributed by atoms with Gasteiger partial charge < -0.3 is 10.1 Å². The summed E-state index contributed by atoms with van der Waals surface area (Å²) in [5.74, 6) is 3.40. The first-order chi connectivity index (χ1) is 7.38. The van der Waals surface area contributed by atoms with Gasteiger partial charge in [-0.3, -0.25) is 0 Å². The van der Waals surface area contributed by atoms with Gasteiger partial charge in [0, 0.05) is 19.1 Å². The van der Waals surface area contributed by atoms with E-state index in [2.05, 4.69) is 18.2 Å². The van der Waals surface area contributed by atoms with Crippen molar-refractivity contribution in [1.82, 2.24) is 5.32 Å². The first-order valence-electron chi connectivity index (χ1n) is 6.13. The van der Waals surface area contributed by atoms with Crippen LogP contribution >= 0.6 is 0 Å². The third kappa shape index (κ3) is 4.68. The van der Waals surface area contributed by atoms with Crippen molar-refractivity contribution in [3.63, 3.8) is 0 Å². The number of unbranched alkanes of at least 4 members (excludes halogenated alkanes) is 2. The normalized spacial score (nSPS) is 22.5. The second kappa shape index (κ2) is 7.73. The Morgan fingerprint density at radius 3 is 3.00 bits per heavy atom. The van der Waals surface area contributed by atoms with Gasteiger partial charge in [0.05, 0.1) is 6.61 Å². The minimum atomic E-state index is 0.637. The van der Waals surface area contributed by atoms with Gasteiger partial charge in [0.2, 0.25) is 0 Å². The zero-order valence-electron chi connectivity index (χ0n) is 9.80. The molecule has 0 aromatic rings. The van der Waals surface area contributed by atoms with Gasteiger partial charge >= 0.3 is 0 Å². The predicted molar refractivity (Wildman–Crippen MR) is 63.7 cm³/mol. The molecular weight excluding hydrogens is 186 g/mol. The molecule has 1 aliphatic heterocycles. The Hall–Kier alpha value is -0.520. The van der Waals surface area contributed by atoms with Crippen LogP contribution in [0.5, 0.6) is 0 Å². The van der Waals surface area contributed by atoms with E-state index in [9.17, 15) is 0 Å². The van der Waals surface area contributed by atoms with Crippen molar-refractivity contribution < 1.29 is 4.74 Å². The summed E-state index contributed by atoms with van der Waals surface area (Å²) in [6.07, 6.45) is 10.9. The molecule has 0 bridgehead atoms. The summed E-state index contributed by atoms with van der Waals surface area (Å²) in [7, 11) is 0. The summed E-state index contributed by atoms with van der Waals surface area (Å²) in [4.78, 5) is 0. The van der Waals surface area contributed by atoms with Gasteiger partial charge in [0.25, 0.3) is 0 Å². The van der Waals surface area contributed by atoms with Crippen molar-refractivity contribution in [2.75, 3.05) is 19.8 Å². The highest BCUT2D eigenvalue weighted by Crippen LogP contribution is 2.18. The summed E-state index contributed by atoms with van der Waals surface area (Å²) in [6.45, 7) is 5.23. The number of rotatable bonds is 7. The lowest BCUT2D eigenvalue weighted by Gasteiger charge is -2.22. The molecule has 0 aromatic carbocycles. The zero-order valence-corrected chi connectivity index (χ0v) is 9.80. The molecule has 2 nitrogen and oxygen atoms in total. The van der Waals surface area contributed by atoms with E-state index in [1.54, 1.807) is 0 Å². The fourth-order valence-corrected chi connectivity index (χ4v) is 2.15. The Morgan fingerprint density at radius 1 is 1.53 bits per heavy atom. The number of ether oxygens (including phenoxy) is 1. The lowest BCUT2D eigenvalue weighted by Crippen LogP contribution is -2.36. The number of terminal acetylenes is 1. The van der Waals surface area contributed by atoms with E-state index in [1.165, 1.54) is 19.3 Å². The molecule has 2 atom stereocenters. The number of hydrogen-bond acceptors (Lipinski definition) is 2. The molecule has 0 amide bonds. The standard InChI is InChI=1S/C13H23NO/c1-3-5-6-7-9-14-13(4-2)12-8-10-15-11-12/h1,12-14H,4-11H2,2H3. The van der Waals surface area contributed by atoms with Crippen LogP contribution in [0.3, 0.4) is 0 Å². The second-order valence-corrected chi connectivity index (χ2v) is 4.25. The van der Waals surface area contributed by atoms with Gasteiger partial charge in [-0.2, -0.15) is 0 Å². The summed E-state index contributed by atoms with van der Waals surface area (Å²) in [5.41, 5.74) is 0. The third-order valence-electron chi connectivity index (χ3n) is 3.13. The van der Waals surface area contributed by atoms with Crippen LogP contribution < -0.4 is 5.32 Å². The Bertz CT molecular complexity index is 191. The Labute approximate surface area is 93.8 Å². The van der Waals surface area contributed by atoms with E-state index in [0.717, 1.165) is 38.5 Å². The highest BCUT2D eigenvalue weighted by atomic mass is 16.5. The quantitative estimate of drug-likeness (QED) is 0.512. The smallest absolute Gasteiger partial charge is 0.0509 e. The van der Waals surface area contributed by atoms with Crippen LogP contribution in [0.25, 0.3) is 0 Å². The first-order valence-corrected chi connectivity index (χ1v) is 6.13. The molecule has 1 heterocycles. The topological polar surface area (TPSA) is 21.3 Å². The average Bonchev–Trinajstić information content (AvgIpc) is 2.77. The van der Waals surface area contributed by atoms with Crippen molar-refractivity contribution >= 4 is 0 Å². The molecule has 1 rings (SSSR count). The SMILES string of the molecule is C#CCCCCNC(CC)C1CCOC1. The third-order valence-corrected chi connectivity index (χ3v) is 3.13. The van der Waals surface area contributed by atoms with Gasteiger partial charge in [0.1, 0.15) is 0 Å². The van der Waals surface area contributed by atoms with Crippen molar-refractivity contribution in [3.05, 3.63) is 0 Å². The molecule has 0 aliphatic carbocycles. The summed E-state index contributed by atoms with van der Waals surface area (Å²) < 4.78 is 5.42. The lowest BCUT2D eigenvalue weighted by atomic mass is 9.97. The molecule has 0 radical (unpaired) electrons. The highest BCUT2D eigenvalue weighted by molar-refractivity contribution is 4.83. The highest BCUT2D eigenvalue weighted by Gasteiger charge is 2.23. The maximum Gasteiger partial charge on any atom is 0.0509 e. The second-order valence-electron chi connectivity index (χ2n) is 4.25. The van der Waals surface area contributed by atoms with E-state index >= 15 is 0 Å². The van der Waals surface area contributed by atoms with Crippen LogP contribution in [-0.4, -0.2) is 25.8 Å². The van der Waals surface area contributed by atoms with Gasteiger partial charge in [-0.05, 0) is 38.1 Å². The van der Waals surface area contributed by atoms with Gasteiger partial charge in [-0.1, -0.05) is 6.92 Å². The van der Waals surface area contributed by atoms with E-state index in [0.29, 0.717) is 6.04 Å². The van der Waals surface area contributed by atoms with Gasteiger partial charge in [-0.25, -0.2) is 0 Å². The van der Waals surface area contributed by atoms with Crippen molar-refractivity contribution in [2.24, 2.45) is 5.92 Å². The largest absolute Gasteiger partial charge is 0.381 e. The first kappa shape index (κ1) is 12.5. The molecule has 0 spiro atoms. The Morgan fingerprint density at radius 2 is 2.40 bits per heavy atom. The summed E-state index contributed by atoms with van der Waals surface area (Å²) >= 11 is 0. The Kier molecular flexibility index (Phi) is 6.47. The van der Waals surface area contributed by atoms with Gasteiger partial charge in [-0.15, -0.1) is 12.3 Å². The minimum Gasteiger partial charge on any atom is -0.381 e. The van der Waals surface area contributed by atoms with E-state index in [-0.39, 0.29) is 0 Å². The van der Waals surface area contributed by atoms with Crippen LogP contribution in [-0.2, 0) is 4.74 Å². The minimum absolute atomic E-state index is 0.637. The maximum absolute atomic E-state index is 5.42. The molecule has 1 saturated heterocycles. The van der Waals surface area contributed by atoms with Crippen LogP contribution in [0.15, 0.2) is 0 Å². The van der Waals surface area contributed by atoms with E-state index < -0.39 is 0 Å². The molecular formula is C13H23NO. The van der Waals surface area contributed by atoms with Crippen LogP contribution in [0, 0.1) is 18.3 Å². The van der Waals surface area contributed by atoms with Crippen LogP contribution in [0.4, 0.5) is 0 Å². The van der Waals surface area contributed by atoms with Gasteiger partial charge in [0.15, 0.2) is 0 Å². The fraction of sp³-hybridized carbons (Fsp3) is 0.846. The molecule has 1 N–H and O–H groups in total. The van der Waals surface area contributed by atoms with E-state index in [1.807, 2.05) is 0 Å². The Balaban J connectivity index is 2.08. The van der Waals surface area contributed by atoms with E-state index in [4.69, 9.17) is 11.2 Å². The maximum atomic E-state index is 5.42. The van der Waals surface area contributed by atoms with Crippen molar-refractivity contribution in [3.8, 4) is 12.3 Å². The zero-order chi connectivity index (χ0) is 10.9. The molecule has 1 fully saturated rings. The van der Waals surface area contributed by atoms with Crippen molar-refractivity contribution in [1.29, 1.82) is 0 Å². The molecule has 2 heteroatoms. The summed E-state index contributed by atoms with van der Waals surface area (Å²) in [6, 6.07) is 0.637. The lowest BCUT2D eigenvalue weighted by molar-refractivity contribution is 0.175. The molecule has 1 aliphatic rings. The monoisotopic (exact) mass is 209 g/mol. The molecule has 2 unspecified atom stereocenters. The average molecular weight is 209 g/mol. The molecule has 0 aromatic heterocycles. The summed E-state index contributed by atoms with van der Waals surface area (Å²) in [5, 5.41) is 3.62. The van der Waals surface area contributed by atoms with Crippen LogP contribution in [0.1, 0.15) is 39.0 Å². The molecule has 15 heavy (non-hydrogen) atoms. The predicted octanol–water partition coefficient (Wildman–Crippen LogP) is 2.19. The number of hydrogen-bond donors (Lipinski definition) is 1. The number of nitrogens with one attached hydrogen (secondary N) is 1. The van der Waals surface area contributed by atoms with Crippen molar-refractivity contribution in [2.45, 2.75) is 45.1 Å². The molecule has 86 valence electrons. The fourth-order valence-electron chi connectivity index (χ4n) is 2.15. The molecule has 0 saturated carbocycles.